The zero-order valence-corrected chi connectivity index (χ0v) is 11.7. The maximum atomic E-state index is 4.56. The minimum Gasteiger partial charge on any atom is -0.313 e. The summed E-state index contributed by atoms with van der Waals surface area (Å²) >= 11 is 0. The molecule has 0 radical (unpaired) electrons. The number of hydrogen-bond acceptors (Lipinski definition) is 2. The van der Waals surface area contributed by atoms with Crippen molar-refractivity contribution in [2.24, 2.45) is 0 Å². The molecule has 0 spiro atoms. The number of hydrogen-bond donors (Lipinski definition) is 1. The van der Waals surface area contributed by atoms with Gasteiger partial charge in [-0.1, -0.05) is 12.1 Å². The summed E-state index contributed by atoms with van der Waals surface area (Å²) < 4.78 is 2.25. The first-order valence-electron chi connectivity index (χ1n) is 7.12. The van der Waals surface area contributed by atoms with Crippen LogP contribution in [0.1, 0.15) is 42.8 Å². The summed E-state index contributed by atoms with van der Waals surface area (Å²) in [5.41, 5.74) is 5.24. The second kappa shape index (κ2) is 5.17. The van der Waals surface area contributed by atoms with Crippen LogP contribution < -0.4 is 5.32 Å². The lowest BCUT2D eigenvalue weighted by Crippen LogP contribution is -2.12. The Morgan fingerprint density at radius 1 is 1.16 bits per heavy atom. The third kappa shape index (κ3) is 2.30. The van der Waals surface area contributed by atoms with Crippen LogP contribution >= 0.6 is 0 Å². The Labute approximate surface area is 114 Å². The van der Waals surface area contributed by atoms with E-state index in [1.165, 1.54) is 35.5 Å². The van der Waals surface area contributed by atoms with E-state index in [1.54, 1.807) is 0 Å². The number of fused-ring (bicyclic) bond motifs is 1. The van der Waals surface area contributed by atoms with E-state index in [9.17, 15) is 0 Å². The third-order valence-corrected chi connectivity index (χ3v) is 4.13. The van der Waals surface area contributed by atoms with Crippen LogP contribution in [0.4, 0.5) is 0 Å². The van der Waals surface area contributed by atoms with Gasteiger partial charge in [0.05, 0.1) is 12.0 Å². The van der Waals surface area contributed by atoms with Gasteiger partial charge >= 0.3 is 0 Å². The van der Waals surface area contributed by atoms with Crippen LogP contribution in [0, 0.1) is 0 Å². The average Bonchev–Trinajstić information content (AvgIpc) is 2.90. The standard InChI is InChI=1S/C16H21N3/c1-12(17-2)13-7-9-14(10-8-13)19-11-18-15-5-3-4-6-16(15)19/h7-12,17H,3-6H2,1-2H3. The van der Waals surface area contributed by atoms with Crippen molar-refractivity contribution in [1.82, 2.24) is 14.9 Å². The maximum Gasteiger partial charge on any atom is 0.0997 e. The summed E-state index contributed by atoms with van der Waals surface area (Å²) in [7, 11) is 1.99. The first-order valence-corrected chi connectivity index (χ1v) is 7.12. The summed E-state index contributed by atoms with van der Waals surface area (Å²) in [4.78, 5) is 4.56. The molecule has 0 bridgehead atoms. The molecule has 1 aromatic heterocycles. The summed E-state index contributed by atoms with van der Waals surface area (Å²) in [5, 5.41) is 3.27. The van der Waals surface area contributed by atoms with Crippen molar-refractivity contribution in [3.63, 3.8) is 0 Å². The van der Waals surface area contributed by atoms with Gasteiger partial charge in [0, 0.05) is 17.4 Å². The molecule has 1 atom stereocenters. The van der Waals surface area contributed by atoms with Crippen LogP contribution in [0.25, 0.3) is 5.69 Å². The number of benzene rings is 1. The van der Waals surface area contributed by atoms with E-state index in [0.717, 1.165) is 12.8 Å². The molecule has 0 fully saturated rings. The lowest BCUT2D eigenvalue weighted by atomic mass is 10.0. The van der Waals surface area contributed by atoms with Gasteiger partial charge in [-0.15, -0.1) is 0 Å². The molecule has 1 N–H and O–H groups in total. The van der Waals surface area contributed by atoms with Gasteiger partial charge in [0.25, 0.3) is 0 Å². The van der Waals surface area contributed by atoms with Crippen molar-refractivity contribution < 1.29 is 0 Å². The second-order valence-corrected chi connectivity index (χ2v) is 5.32. The lowest BCUT2D eigenvalue weighted by Gasteiger charge is -2.15. The van der Waals surface area contributed by atoms with Gasteiger partial charge in [0.1, 0.15) is 0 Å². The molecular formula is C16H21N3. The van der Waals surface area contributed by atoms with Gasteiger partial charge < -0.3 is 9.88 Å². The normalized spacial score (nSPS) is 16.1. The van der Waals surface area contributed by atoms with E-state index < -0.39 is 0 Å². The second-order valence-electron chi connectivity index (χ2n) is 5.32. The Kier molecular flexibility index (Phi) is 3.38. The molecule has 0 saturated carbocycles. The largest absolute Gasteiger partial charge is 0.313 e. The fraction of sp³-hybridized carbons (Fsp3) is 0.438. The predicted molar refractivity (Wildman–Crippen MR) is 77.7 cm³/mol. The van der Waals surface area contributed by atoms with Gasteiger partial charge in [-0.2, -0.15) is 0 Å². The number of aromatic nitrogens is 2. The highest BCUT2D eigenvalue weighted by Gasteiger charge is 2.15. The van der Waals surface area contributed by atoms with Crippen molar-refractivity contribution in [2.75, 3.05) is 7.05 Å². The molecule has 1 heterocycles. The Morgan fingerprint density at radius 2 is 1.89 bits per heavy atom. The van der Waals surface area contributed by atoms with E-state index >= 15 is 0 Å². The van der Waals surface area contributed by atoms with E-state index in [4.69, 9.17) is 0 Å². The van der Waals surface area contributed by atoms with Crippen molar-refractivity contribution in [2.45, 2.75) is 38.6 Å². The molecule has 100 valence electrons. The number of rotatable bonds is 3. The molecule has 3 nitrogen and oxygen atoms in total. The van der Waals surface area contributed by atoms with Gasteiger partial charge in [-0.25, -0.2) is 4.98 Å². The van der Waals surface area contributed by atoms with Crippen molar-refractivity contribution in [1.29, 1.82) is 0 Å². The van der Waals surface area contributed by atoms with E-state index in [2.05, 4.69) is 46.1 Å². The van der Waals surface area contributed by atoms with Gasteiger partial charge in [-0.3, -0.25) is 0 Å². The van der Waals surface area contributed by atoms with Crippen molar-refractivity contribution in [3.8, 4) is 5.69 Å². The fourth-order valence-electron chi connectivity index (χ4n) is 2.78. The van der Waals surface area contributed by atoms with E-state index in [-0.39, 0.29) is 0 Å². The number of imidazole rings is 1. The molecule has 1 aliphatic carbocycles. The van der Waals surface area contributed by atoms with E-state index in [0.29, 0.717) is 6.04 Å². The molecule has 0 saturated heterocycles. The van der Waals surface area contributed by atoms with E-state index in [1.807, 2.05) is 13.4 Å². The molecular weight excluding hydrogens is 234 g/mol. The fourth-order valence-corrected chi connectivity index (χ4v) is 2.78. The summed E-state index contributed by atoms with van der Waals surface area (Å²) in [5.74, 6) is 0. The zero-order valence-electron chi connectivity index (χ0n) is 11.7. The molecule has 2 aromatic rings. The first kappa shape index (κ1) is 12.4. The zero-order chi connectivity index (χ0) is 13.2. The Bertz CT molecular complexity index is 554. The average molecular weight is 255 g/mol. The number of nitrogens with zero attached hydrogens (tertiary/aromatic N) is 2. The topological polar surface area (TPSA) is 29.9 Å². The Morgan fingerprint density at radius 3 is 2.63 bits per heavy atom. The van der Waals surface area contributed by atoms with Crippen LogP contribution in [0.2, 0.25) is 0 Å². The van der Waals surface area contributed by atoms with Gasteiger partial charge in [0.15, 0.2) is 0 Å². The molecule has 0 amide bonds. The molecule has 0 aliphatic heterocycles. The number of nitrogens with one attached hydrogen (secondary N) is 1. The summed E-state index contributed by atoms with van der Waals surface area (Å²) in [6.45, 7) is 2.17. The van der Waals surface area contributed by atoms with Crippen LogP contribution in [0.15, 0.2) is 30.6 Å². The highest BCUT2D eigenvalue weighted by Crippen LogP contribution is 2.24. The van der Waals surface area contributed by atoms with Gasteiger partial charge in [0.2, 0.25) is 0 Å². The Balaban J connectivity index is 1.92. The highest BCUT2D eigenvalue weighted by molar-refractivity contribution is 5.38. The monoisotopic (exact) mass is 255 g/mol. The quantitative estimate of drug-likeness (QED) is 0.913. The van der Waals surface area contributed by atoms with Crippen LogP contribution in [-0.4, -0.2) is 16.6 Å². The minimum absolute atomic E-state index is 0.394. The number of aryl methyl sites for hydroxylation is 1. The highest BCUT2D eigenvalue weighted by atomic mass is 15.1. The maximum absolute atomic E-state index is 4.56. The predicted octanol–water partition coefficient (Wildman–Crippen LogP) is 3.03. The van der Waals surface area contributed by atoms with Crippen molar-refractivity contribution in [3.05, 3.63) is 47.5 Å². The molecule has 1 unspecified atom stereocenters. The third-order valence-electron chi connectivity index (χ3n) is 4.13. The SMILES string of the molecule is CNC(C)c1ccc(-n2cnc3c2CCCC3)cc1. The summed E-state index contributed by atoms with van der Waals surface area (Å²) in [6, 6.07) is 9.18. The molecule has 1 aromatic carbocycles. The smallest absolute Gasteiger partial charge is 0.0997 e. The van der Waals surface area contributed by atoms with Crippen molar-refractivity contribution >= 4 is 0 Å². The molecule has 19 heavy (non-hydrogen) atoms. The minimum atomic E-state index is 0.394. The van der Waals surface area contributed by atoms with Crippen LogP contribution in [0.5, 0.6) is 0 Å². The molecule has 3 heteroatoms. The first-order chi connectivity index (χ1) is 9.29. The molecule has 3 rings (SSSR count). The van der Waals surface area contributed by atoms with Crippen LogP contribution in [0.3, 0.4) is 0 Å². The Hall–Kier alpha value is -1.61. The van der Waals surface area contributed by atoms with Crippen LogP contribution in [-0.2, 0) is 12.8 Å². The summed E-state index contributed by atoms with van der Waals surface area (Å²) in [6.07, 6.45) is 6.84. The lowest BCUT2D eigenvalue weighted by molar-refractivity contribution is 0.650. The van der Waals surface area contributed by atoms with Gasteiger partial charge in [-0.05, 0) is 57.4 Å². The molecule has 1 aliphatic rings.